The molecule has 0 aliphatic rings. The Morgan fingerprint density at radius 3 is 2.62 bits per heavy atom. The molecule has 1 aromatic carbocycles. The van der Waals surface area contributed by atoms with Crippen LogP contribution in [0.15, 0.2) is 6.07 Å². The van der Waals surface area contributed by atoms with Crippen molar-refractivity contribution in [3.05, 3.63) is 27.8 Å². The zero-order chi connectivity index (χ0) is 12.3. The van der Waals surface area contributed by atoms with Crippen LogP contribution in [0.3, 0.4) is 0 Å². The van der Waals surface area contributed by atoms with E-state index < -0.39 is 0 Å². The monoisotopic (exact) mass is 260 g/mol. The van der Waals surface area contributed by atoms with Crippen molar-refractivity contribution in [1.82, 2.24) is 0 Å². The van der Waals surface area contributed by atoms with E-state index in [1.807, 2.05) is 0 Å². The van der Waals surface area contributed by atoms with Crippen LogP contribution in [0.2, 0.25) is 5.02 Å². The number of Topliss-reactive ketones (excluding diaryl/α,β-unsaturated/α-hetero) is 1. The average Bonchev–Trinajstić information content (AvgIpc) is 2.24. The number of carbonyl (C=O) groups excluding carboxylic acids is 1. The number of phenols is 1. The number of alkyl halides is 1. The lowest BCUT2D eigenvalue weighted by molar-refractivity contribution is 0.0978. The van der Waals surface area contributed by atoms with Crippen LogP contribution in [0.5, 0.6) is 5.75 Å². The van der Waals surface area contributed by atoms with Gasteiger partial charge in [0.05, 0.1) is 5.56 Å². The number of benzene rings is 1. The van der Waals surface area contributed by atoms with E-state index in [-0.39, 0.29) is 11.5 Å². The lowest BCUT2D eigenvalue weighted by Crippen LogP contribution is -2.04. The van der Waals surface area contributed by atoms with E-state index in [0.29, 0.717) is 40.4 Å². The van der Waals surface area contributed by atoms with Gasteiger partial charge < -0.3 is 5.11 Å². The molecule has 0 atom stereocenters. The van der Waals surface area contributed by atoms with Crippen molar-refractivity contribution >= 4 is 29.0 Å². The molecule has 0 spiro atoms. The second-order valence-electron chi connectivity index (χ2n) is 3.74. The minimum Gasteiger partial charge on any atom is -0.507 e. The molecule has 0 saturated carbocycles. The zero-order valence-electron chi connectivity index (χ0n) is 9.31. The highest BCUT2D eigenvalue weighted by Crippen LogP contribution is 2.32. The fourth-order valence-corrected chi connectivity index (χ4v) is 1.95. The number of hydrogen-bond acceptors (Lipinski definition) is 2. The maximum absolute atomic E-state index is 11.9. The van der Waals surface area contributed by atoms with Gasteiger partial charge in [0.2, 0.25) is 0 Å². The van der Waals surface area contributed by atoms with E-state index in [2.05, 4.69) is 0 Å². The maximum Gasteiger partial charge on any atom is 0.166 e. The van der Waals surface area contributed by atoms with Gasteiger partial charge in [-0.1, -0.05) is 11.6 Å². The predicted molar refractivity (Wildman–Crippen MR) is 66.9 cm³/mol. The Morgan fingerprint density at radius 2 is 2.06 bits per heavy atom. The molecule has 0 heterocycles. The standard InChI is InChI=1S/C12H14Cl2O2/c1-7-6-9(14)8(2)11(12(7)16)10(15)4-3-5-13/h6,16H,3-5H2,1-2H3. The SMILES string of the molecule is Cc1cc(Cl)c(C)c(C(=O)CCCCl)c1O. The normalized spacial score (nSPS) is 10.5. The highest BCUT2D eigenvalue weighted by Gasteiger charge is 2.18. The molecule has 0 bridgehead atoms. The number of ketones is 1. The number of phenolic OH excluding ortho intramolecular Hbond substituents is 1. The third-order valence-corrected chi connectivity index (χ3v) is 3.16. The quantitative estimate of drug-likeness (QED) is 0.660. The maximum atomic E-state index is 11.9. The summed E-state index contributed by atoms with van der Waals surface area (Å²) in [7, 11) is 0. The summed E-state index contributed by atoms with van der Waals surface area (Å²) in [6, 6.07) is 1.66. The largest absolute Gasteiger partial charge is 0.507 e. The average molecular weight is 261 g/mol. The second kappa shape index (κ2) is 5.55. The summed E-state index contributed by atoms with van der Waals surface area (Å²) in [5.74, 6) is 0.355. The molecule has 1 N–H and O–H groups in total. The van der Waals surface area contributed by atoms with E-state index in [1.165, 1.54) is 0 Å². The van der Waals surface area contributed by atoms with Crippen LogP contribution >= 0.6 is 23.2 Å². The molecule has 0 radical (unpaired) electrons. The van der Waals surface area contributed by atoms with Crippen LogP contribution in [0, 0.1) is 13.8 Å². The Hall–Kier alpha value is -0.730. The van der Waals surface area contributed by atoms with Crippen LogP contribution in [-0.2, 0) is 0 Å². The third-order valence-electron chi connectivity index (χ3n) is 2.50. The Bertz CT molecular complexity index is 388. The minimum atomic E-state index is -0.110. The van der Waals surface area contributed by atoms with E-state index >= 15 is 0 Å². The first-order chi connectivity index (χ1) is 7.49. The summed E-state index contributed by atoms with van der Waals surface area (Å²) in [6.07, 6.45) is 0.933. The molecule has 0 unspecified atom stereocenters. The van der Waals surface area contributed by atoms with E-state index in [9.17, 15) is 9.90 Å². The summed E-state index contributed by atoms with van der Waals surface area (Å²) >= 11 is 11.5. The smallest absolute Gasteiger partial charge is 0.166 e. The summed E-state index contributed by atoms with van der Waals surface area (Å²) in [5.41, 5.74) is 1.57. The van der Waals surface area contributed by atoms with Gasteiger partial charge in [0.1, 0.15) is 5.75 Å². The third kappa shape index (κ3) is 2.69. The fourth-order valence-electron chi connectivity index (χ4n) is 1.55. The van der Waals surface area contributed by atoms with Gasteiger partial charge in [0, 0.05) is 17.3 Å². The van der Waals surface area contributed by atoms with Crippen molar-refractivity contribution in [1.29, 1.82) is 0 Å². The lowest BCUT2D eigenvalue weighted by Gasteiger charge is -2.11. The van der Waals surface area contributed by atoms with Crippen molar-refractivity contribution in [2.45, 2.75) is 26.7 Å². The first-order valence-corrected chi connectivity index (χ1v) is 5.98. The number of carbonyl (C=O) groups is 1. The van der Waals surface area contributed by atoms with Crippen LogP contribution in [0.4, 0.5) is 0 Å². The number of halogens is 2. The summed E-state index contributed by atoms with van der Waals surface area (Å²) in [6.45, 7) is 3.45. The van der Waals surface area contributed by atoms with Crippen molar-refractivity contribution in [2.75, 3.05) is 5.88 Å². The molecule has 1 aromatic rings. The first kappa shape index (κ1) is 13.3. The molecule has 2 nitrogen and oxygen atoms in total. The Labute approximate surface area is 105 Å². The van der Waals surface area contributed by atoms with Gasteiger partial charge in [-0.2, -0.15) is 0 Å². The number of hydrogen-bond donors (Lipinski definition) is 1. The second-order valence-corrected chi connectivity index (χ2v) is 4.52. The molecule has 4 heteroatoms. The van der Waals surface area contributed by atoms with E-state index in [1.54, 1.807) is 19.9 Å². The molecular formula is C12H14Cl2O2. The molecule has 88 valence electrons. The van der Waals surface area contributed by atoms with Crippen LogP contribution in [-0.4, -0.2) is 16.8 Å². The van der Waals surface area contributed by atoms with E-state index in [4.69, 9.17) is 23.2 Å². The topological polar surface area (TPSA) is 37.3 Å². The fraction of sp³-hybridized carbons (Fsp3) is 0.417. The van der Waals surface area contributed by atoms with Gasteiger partial charge in [0.25, 0.3) is 0 Å². The van der Waals surface area contributed by atoms with Gasteiger partial charge >= 0.3 is 0 Å². The van der Waals surface area contributed by atoms with Gasteiger partial charge in [-0.15, -0.1) is 11.6 Å². The van der Waals surface area contributed by atoms with Crippen molar-refractivity contribution < 1.29 is 9.90 Å². The Balaban J connectivity index is 3.16. The molecular weight excluding hydrogens is 247 g/mol. The van der Waals surface area contributed by atoms with Crippen molar-refractivity contribution in [3.63, 3.8) is 0 Å². The molecule has 16 heavy (non-hydrogen) atoms. The minimum absolute atomic E-state index is 0.0291. The molecule has 0 aliphatic carbocycles. The van der Waals surface area contributed by atoms with Gasteiger partial charge in [-0.05, 0) is 37.5 Å². The first-order valence-electron chi connectivity index (χ1n) is 5.06. The number of rotatable bonds is 4. The van der Waals surface area contributed by atoms with Crippen LogP contribution in [0.1, 0.15) is 34.3 Å². The van der Waals surface area contributed by atoms with Gasteiger partial charge in [0.15, 0.2) is 5.78 Å². The van der Waals surface area contributed by atoms with Gasteiger partial charge in [-0.3, -0.25) is 4.79 Å². The molecule has 0 aromatic heterocycles. The molecule has 0 fully saturated rings. The number of aromatic hydroxyl groups is 1. The number of aryl methyl sites for hydroxylation is 1. The zero-order valence-corrected chi connectivity index (χ0v) is 10.8. The van der Waals surface area contributed by atoms with Crippen molar-refractivity contribution in [3.8, 4) is 5.75 Å². The highest BCUT2D eigenvalue weighted by molar-refractivity contribution is 6.32. The van der Waals surface area contributed by atoms with Crippen LogP contribution < -0.4 is 0 Å². The molecule has 1 rings (SSSR count). The summed E-state index contributed by atoms with van der Waals surface area (Å²) in [4.78, 5) is 11.9. The molecule has 0 aliphatic heterocycles. The summed E-state index contributed by atoms with van der Waals surface area (Å²) < 4.78 is 0. The summed E-state index contributed by atoms with van der Waals surface area (Å²) in [5, 5.41) is 10.4. The Kier molecular flexibility index (Phi) is 4.63. The predicted octanol–water partition coefficient (Wildman–Crippen LogP) is 3.86. The molecule has 0 saturated heterocycles. The van der Waals surface area contributed by atoms with Gasteiger partial charge in [-0.25, -0.2) is 0 Å². The Morgan fingerprint density at radius 1 is 1.44 bits per heavy atom. The van der Waals surface area contributed by atoms with Crippen LogP contribution in [0.25, 0.3) is 0 Å². The van der Waals surface area contributed by atoms with E-state index in [0.717, 1.165) is 0 Å². The molecule has 0 amide bonds. The van der Waals surface area contributed by atoms with Crippen molar-refractivity contribution in [2.24, 2.45) is 0 Å². The lowest BCUT2D eigenvalue weighted by atomic mass is 9.98. The highest BCUT2D eigenvalue weighted by atomic mass is 35.5.